The molecule has 1 aliphatic heterocycles. The molecule has 2 unspecified atom stereocenters. The highest BCUT2D eigenvalue weighted by Crippen LogP contribution is 2.26. The zero-order valence-corrected chi connectivity index (χ0v) is 12.5. The second-order valence-electron chi connectivity index (χ2n) is 5.49. The van der Waals surface area contributed by atoms with E-state index in [-0.39, 0.29) is 6.61 Å². The predicted octanol–water partition coefficient (Wildman–Crippen LogP) is -1.03. The van der Waals surface area contributed by atoms with Gasteiger partial charge in [0.05, 0.1) is 18.6 Å². The van der Waals surface area contributed by atoms with Crippen molar-refractivity contribution in [3.05, 3.63) is 11.6 Å². The molecule has 0 bridgehead atoms. The van der Waals surface area contributed by atoms with Gasteiger partial charge >= 0.3 is 5.97 Å². The van der Waals surface area contributed by atoms with Gasteiger partial charge in [0, 0.05) is 0 Å². The smallest absolute Gasteiger partial charge is 0.311 e. The number of aliphatic hydroxyl groups excluding tert-OH is 4. The van der Waals surface area contributed by atoms with E-state index in [1.165, 1.54) is 6.92 Å². The molecule has 0 aromatic carbocycles. The number of hydrogen-bond donors (Lipinski definition) is 4. The van der Waals surface area contributed by atoms with Crippen molar-refractivity contribution >= 4 is 5.97 Å². The molecular weight excluding hydrogens is 280 g/mol. The van der Waals surface area contributed by atoms with Crippen molar-refractivity contribution in [1.29, 1.82) is 0 Å². The molecule has 0 spiro atoms. The Kier molecular flexibility index (Phi) is 6.76. The zero-order valence-electron chi connectivity index (χ0n) is 12.5. The van der Waals surface area contributed by atoms with Gasteiger partial charge in [-0.25, -0.2) is 0 Å². The van der Waals surface area contributed by atoms with Gasteiger partial charge in [0.15, 0.2) is 0 Å². The molecule has 122 valence electrons. The molecule has 1 rings (SSSR count). The summed E-state index contributed by atoms with van der Waals surface area (Å²) in [6, 6.07) is 0. The first-order chi connectivity index (χ1) is 9.79. The molecule has 0 aliphatic carbocycles. The third-order valence-corrected chi connectivity index (χ3v) is 3.51. The van der Waals surface area contributed by atoms with E-state index in [0.29, 0.717) is 0 Å². The van der Waals surface area contributed by atoms with Gasteiger partial charge in [-0.05, 0) is 26.8 Å². The molecular formula is C14H24O7. The molecule has 1 saturated heterocycles. The van der Waals surface area contributed by atoms with Gasteiger partial charge in [-0.2, -0.15) is 0 Å². The van der Waals surface area contributed by atoms with Crippen LogP contribution in [0.25, 0.3) is 0 Å². The van der Waals surface area contributed by atoms with Gasteiger partial charge < -0.3 is 29.9 Å². The number of ether oxygens (including phenoxy) is 2. The Morgan fingerprint density at radius 2 is 1.86 bits per heavy atom. The lowest BCUT2D eigenvalue weighted by Crippen LogP contribution is -2.60. The highest BCUT2D eigenvalue weighted by molar-refractivity contribution is 5.73. The van der Waals surface area contributed by atoms with E-state index in [4.69, 9.17) is 14.6 Å². The fourth-order valence-electron chi connectivity index (χ4n) is 2.10. The number of carbonyl (C=O) groups is 1. The first-order valence-electron chi connectivity index (χ1n) is 6.90. The molecule has 21 heavy (non-hydrogen) atoms. The van der Waals surface area contributed by atoms with E-state index >= 15 is 0 Å². The molecule has 1 aliphatic rings. The highest BCUT2D eigenvalue weighted by Gasteiger charge is 2.47. The summed E-state index contributed by atoms with van der Waals surface area (Å²) >= 11 is 0. The summed E-state index contributed by atoms with van der Waals surface area (Å²) in [4.78, 5) is 11.9. The number of rotatable bonds is 5. The van der Waals surface area contributed by atoms with Crippen LogP contribution in [0.2, 0.25) is 0 Å². The summed E-state index contributed by atoms with van der Waals surface area (Å²) in [5.74, 6) is -1.43. The fraction of sp³-hybridized carbons (Fsp3) is 0.786. The van der Waals surface area contributed by atoms with Gasteiger partial charge in [0.25, 0.3) is 0 Å². The summed E-state index contributed by atoms with van der Waals surface area (Å²) < 4.78 is 10.3. The van der Waals surface area contributed by atoms with Crippen molar-refractivity contribution in [2.45, 2.75) is 51.3 Å². The molecule has 0 radical (unpaired) electrons. The maximum atomic E-state index is 11.9. The van der Waals surface area contributed by atoms with Crippen LogP contribution in [0.15, 0.2) is 11.6 Å². The van der Waals surface area contributed by atoms with Crippen LogP contribution in [0.4, 0.5) is 0 Å². The van der Waals surface area contributed by atoms with Crippen LogP contribution in [-0.2, 0) is 14.3 Å². The molecule has 1 heterocycles. The highest BCUT2D eigenvalue weighted by atomic mass is 16.6. The summed E-state index contributed by atoms with van der Waals surface area (Å²) in [6.45, 7) is 4.82. The number of hydrogen-bond acceptors (Lipinski definition) is 7. The maximum Gasteiger partial charge on any atom is 0.311 e. The van der Waals surface area contributed by atoms with Crippen LogP contribution in [-0.4, -0.2) is 70.1 Å². The van der Waals surface area contributed by atoms with E-state index < -0.39 is 49.0 Å². The molecule has 0 aromatic heterocycles. The van der Waals surface area contributed by atoms with Gasteiger partial charge in [-0.15, -0.1) is 0 Å². The number of aliphatic hydroxyl groups is 4. The number of carbonyl (C=O) groups excluding carboxylic acids is 1. The normalized spacial score (nSPS) is 34.1. The van der Waals surface area contributed by atoms with E-state index in [9.17, 15) is 20.1 Å². The molecule has 0 saturated carbocycles. The minimum atomic E-state index is -1.49. The first kappa shape index (κ1) is 18.1. The monoisotopic (exact) mass is 304 g/mol. The molecule has 1 fully saturated rings. The third-order valence-electron chi connectivity index (χ3n) is 3.51. The van der Waals surface area contributed by atoms with E-state index in [1.54, 1.807) is 6.08 Å². The van der Waals surface area contributed by atoms with Gasteiger partial charge in [0.1, 0.15) is 31.0 Å². The fourth-order valence-corrected chi connectivity index (χ4v) is 2.10. The zero-order chi connectivity index (χ0) is 16.2. The van der Waals surface area contributed by atoms with Crippen LogP contribution in [0.3, 0.4) is 0 Å². The van der Waals surface area contributed by atoms with E-state index in [1.807, 2.05) is 13.8 Å². The van der Waals surface area contributed by atoms with Gasteiger partial charge in [0.2, 0.25) is 0 Å². The van der Waals surface area contributed by atoms with E-state index in [2.05, 4.69) is 0 Å². The summed E-state index contributed by atoms with van der Waals surface area (Å²) in [5.41, 5.74) is 1.00. The van der Waals surface area contributed by atoms with Crippen molar-refractivity contribution in [3.63, 3.8) is 0 Å². The molecule has 6 atom stereocenters. The molecule has 7 heteroatoms. The standard InChI is InChI=1S/C14H24O7/c1-7(2)4-5-20-14(19)8(3)13-12(18)11(17)10(16)9(6-15)21-13/h4,8-13,15-18H,5-6H2,1-3H3/t8?,9-,10-,11+,12-,13?/m1/s1. The lowest BCUT2D eigenvalue weighted by molar-refractivity contribution is -0.241. The van der Waals surface area contributed by atoms with Gasteiger partial charge in [-0.3, -0.25) is 4.79 Å². The Bertz CT molecular complexity index is 376. The Morgan fingerprint density at radius 3 is 2.38 bits per heavy atom. The van der Waals surface area contributed by atoms with Crippen molar-refractivity contribution in [1.82, 2.24) is 0 Å². The SMILES string of the molecule is CC(C)=CCOC(=O)C(C)C1O[C@H](CO)[C@@H](O)[C@H](O)[C@H]1O. The average Bonchev–Trinajstić information content (AvgIpc) is 2.44. The second-order valence-corrected chi connectivity index (χ2v) is 5.49. The molecule has 0 aromatic rings. The minimum absolute atomic E-state index is 0.114. The van der Waals surface area contributed by atoms with Crippen molar-refractivity contribution in [3.8, 4) is 0 Å². The van der Waals surface area contributed by atoms with Crippen LogP contribution in [0.1, 0.15) is 20.8 Å². The summed E-state index contributed by atoms with van der Waals surface area (Å²) in [5, 5.41) is 38.4. The lowest BCUT2D eigenvalue weighted by Gasteiger charge is -2.41. The first-order valence-corrected chi connectivity index (χ1v) is 6.90. The Balaban J connectivity index is 2.69. The second kappa shape index (κ2) is 7.86. The topological polar surface area (TPSA) is 116 Å². The van der Waals surface area contributed by atoms with Crippen molar-refractivity contribution in [2.75, 3.05) is 13.2 Å². The molecule has 7 nitrogen and oxygen atoms in total. The average molecular weight is 304 g/mol. The maximum absolute atomic E-state index is 11.9. The molecule has 0 amide bonds. The summed E-state index contributed by atoms with van der Waals surface area (Å²) in [7, 11) is 0. The predicted molar refractivity (Wildman–Crippen MR) is 73.3 cm³/mol. The molecule has 4 N–H and O–H groups in total. The number of allylic oxidation sites excluding steroid dienone is 1. The Labute approximate surface area is 123 Å². The van der Waals surface area contributed by atoms with Crippen molar-refractivity contribution < 1.29 is 34.7 Å². The van der Waals surface area contributed by atoms with Crippen LogP contribution in [0, 0.1) is 5.92 Å². The van der Waals surface area contributed by atoms with Crippen LogP contribution in [0.5, 0.6) is 0 Å². The van der Waals surface area contributed by atoms with Crippen molar-refractivity contribution in [2.24, 2.45) is 5.92 Å². The third kappa shape index (κ3) is 4.49. The van der Waals surface area contributed by atoms with Crippen LogP contribution < -0.4 is 0 Å². The van der Waals surface area contributed by atoms with Gasteiger partial charge in [-0.1, -0.05) is 5.57 Å². The Hall–Kier alpha value is -0.990. The van der Waals surface area contributed by atoms with E-state index in [0.717, 1.165) is 5.57 Å². The quantitative estimate of drug-likeness (QED) is 0.379. The Morgan fingerprint density at radius 1 is 1.24 bits per heavy atom. The lowest BCUT2D eigenvalue weighted by atomic mass is 9.89. The van der Waals surface area contributed by atoms with Crippen LogP contribution >= 0.6 is 0 Å². The number of esters is 1. The largest absolute Gasteiger partial charge is 0.461 e. The summed E-state index contributed by atoms with van der Waals surface area (Å²) in [6.07, 6.45) is -4.71. The minimum Gasteiger partial charge on any atom is -0.461 e.